The number of benzene rings is 3. The van der Waals surface area contributed by atoms with Gasteiger partial charge < -0.3 is 25.8 Å². The van der Waals surface area contributed by atoms with Gasteiger partial charge in [0.25, 0.3) is 5.91 Å². The SMILES string of the molecule is CCCN(CCC)C(=O)c1cccc(C(N)=O)c1[C@H](Cc1ccccc1)[C@@H](O)CNCc1ccccc1OC(F)(F)F. The predicted octanol–water partition coefficient (Wildman–Crippen LogP) is 5.42. The summed E-state index contributed by atoms with van der Waals surface area (Å²) in [5.74, 6) is -2.07. The smallest absolute Gasteiger partial charge is 0.405 e. The van der Waals surface area contributed by atoms with Gasteiger partial charge in [-0.05, 0) is 48.6 Å². The van der Waals surface area contributed by atoms with Gasteiger partial charge in [-0.25, -0.2) is 0 Å². The fourth-order valence-corrected chi connectivity index (χ4v) is 5.06. The number of carbonyl (C=O) groups is 2. The van der Waals surface area contributed by atoms with Crippen molar-refractivity contribution in [1.29, 1.82) is 0 Å². The normalized spacial score (nSPS) is 12.9. The lowest BCUT2D eigenvalue weighted by molar-refractivity contribution is -0.274. The third-order valence-electron chi connectivity index (χ3n) is 6.88. The maximum absolute atomic E-state index is 13.8. The summed E-state index contributed by atoms with van der Waals surface area (Å²) in [6, 6.07) is 19.9. The minimum Gasteiger partial charge on any atom is -0.405 e. The second kappa shape index (κ2) is 15.4. The van der Waals surface area contributed by atoms with Crippen molar-refractivity contribution in [1.82, 2.24) is 10.2 Å². The molecule has 0 aliphatic heterocycles. The van der Waals surface area contributed by atoms with Crippen molar-refractivity contribution < 1.29 is 32.6 Å². The number of aliphatic hydroxyl groups excluding tert-OH is 1. The molecule has 0 aliphatic rings. The van der Waals surface area contributed by atoms with Gasteiger partial charge >= 0.3 is 6.36 Å². The molecule has 10 heteroatoms. The van der Waals surface area contributed by atoms with Gasteiger partial charge in [-0.2, -0.15) is 0 Å². The Morgan fingerprint density at radius 1 is 0.929 bits per heavy atom. The molecule has 3 rings (SSSR count). The number of nitrogens with zero attached hydrogens (tertiary/aromatic N) is 1. The number of halogens is 3. The summed E-state index contributed by atoms with van der Waals surface area (Å²) in [7, 11) is 0. The molecule has 3 aromatic carbocycles. The first-order chi connectivity index (χ1) is 20.1. The van der Waals surface area contributed by atoms with E-state index in [2.05, 4.69) is 10.1 Å². The molecule has 0 aliphatic carbocycles. The molecule has 2 atom stereocenters. The topological polar surface area (TPSA) is 105 Å². The highest BCUT2D eigenvalue weighted by Crippen LogP contribution is 2.32. The van der Waals surface area contributed by atoms with Crippen molar-refractivity contribution in [3.05, 3.63) is 101 Å². The van der Waals surface area contributed by atoms with Gasteiger partial charge in [0.15, 0.2) is 0 Å². The summed E-state index contributed by atoms with van der Waals surface area (Å²) in [4.78, 5) is 28.2. The number of hydrogen-bond donors (Lipinski definition) is 3. The van der Waals surface area contributed by atoms with Gasteiger partial charge in [0.2, 0.25) is 5.91 Å². The van der Waals surface area contributed by atoms with E-state index in [1.165, 1.54) is 18.2 Å². The number of primary amides is 1. The lowest BCUT2D eigenvalue weighted by Crippen LogP contribution is -2.37. The van der Waals surface area contributed by atoms with E-state index in [0.29, 0.717) is 18.7 Å². The molecular weight excluding hydrogens is 547 g/mol. The highest BCUT2D eigenvalue weighted by molar-refractivity contribution is 6.02. The summed E-state index contributed by atoms with van der Waals surface area (Å²) in [6.45, 7) is 4.93. The number of aliphatic hydroxyl groups is 1. The molecule has 226 valence electrons. The largest absolute Gasteiger partial charge is 0.573 e. The van der Waals surface area contributed by atoms with Crippen molar-refractivity contribution in [2.45, 2.75) is 58.0 Å². The van der Waals surface area contributed by atoms with Crippen LogP contribution in [0, 0.1) is 0 Å². The molecule has 0 bridgehead atoms. The molecule has 0 fully saturated rings. The number of nitrogens with one attached hydrogen (secondary N) is 1. The van der Waals surface area contributed by atoms with Crippen LogP contribution < -0.4 is 15.8 Å². The molecule has 0 saturated heterocycles. The third kappa shape index (κ3) is 9.06. The van der Waals surface area contributed by atoms with E-state index in [-0.39, 0.29) is 47.9 Å². The number of ether oxygens (including phenoxy) is 1. The second-order valence-electron chi connectivity index (χ2n) is 10.1. The maximum Gasteiger partial charge on any atom is 0.573 e. The van der Waals surface area contributed by atoms with Gasteiger partial charge in [-0.15, -0.1) is 13.2 Å². The number of nitrogens with two attached hydrogens (primary N) is 1. The molecule has 0 spiro atoms. The highest BCUT2D eigenvalue weighted by Gasteiger charge is 2.33. The zero-order valence-corrected chi connectivity index (χ0v) is 23.9. The van der Waals surface area contributed by atoms with E-state index in [4.69, 9.17) is 5.73 Å². The average molecular weight is 586 g/mol. The Balaban J connectivity index is 1.99. The van der Waals surface area contributed by atoms with E-state index in [1.54, 1.807) is 29.2 Å². The predicted molar refractivity (Wildman–Crippen MR) is 155 cm³/mol. The van der Waals surface area contributed by atoms with Crippen LogP contribution in [0.3, 0.4) is 0 Å². The molecular formula is C32H38F3N3O4. The van der Waals surface area contributed by atoms with Crippen LogP contribution in [0.2, 0.25) is 0 Å². The van der Waals surface area contributed by atoms with Gasteiger partial charge in [0, 0.05) is 48.8 Å². The van der Waals surface area contributed by atoms with E-state index in [9.17, 15) is 27.9 Å². The molecule has 0 radical (unpaired) electrons. The van der Waals surface area contributed by atoms with Crippen LogP contribution in [0.4, 0.5) is 13.2 Å². The molecule has 4 N–H and O–H groups in total. The van der Waals surface area contributed by atoms with Gasteiger partial charge in [0.1, 0.15) is 5.75 Å². The minimum atomic E-state index is -4.85. The van der Waals surface area contributed by atoms with E-state index >= 15 is 0 Å². The van der Waals surface area contributed by atoms with Crippen molar-refractivity contribution in [3.63, 3.8) is 0 Å². The molecule has 0 saturated carbocycles. The maximum atomic E-state index is 13.8. The number of para-hydroxylation sites is 1. The number of alkyl halides is 3. The molecule has 7 nitrogen and oxygen atoms in total. The summed E-state index contributed by atoms with van der Waals surface area (Å²) in [6.07, 6.45) is -4.21. The Bertz CT molecular complexity index is 1310. The lowest BCUT2D eigenvalue weighted by Gasteiger charge is -2.30. The van der Waals surface area contributed by atoms with Crippen molar-refractivity contribution in [2.24, 2.45) is 5.73 Å². The fraction of sp³-hybridized carbons (Fsp3) is 0.375. The Hall–Kier alpha value is -3.89. The van der Waals surface area contributed by atoms with Crippen LogP contribution in [0.25, 0.3) is 0 Å². The van der Waals surface area contributed by atoms with E-state index < -0.39 is 24.3 Å². The van der Waals surface area contributed by atoms with Crippen LogP contribution in [0.1, 0.15) is 70.0 Å². The molecule has 2 amide bonds. The van der Waals surface area contributed by atoms with E-state index in [0.717, 1.165) is 18.4 Å². The average Bonchev–Trinajstić information content (AvgIpc) is 2.95. The lowest BCUT2D eigenvalue weighted by atomic mass is 9.81. The Kier molecular flexibility index (Phi) is 11.9. The quantitative estimate of drug-likeness (QED) is 0.221. The first-order valence-electron chi connectivity index (χ1n) is 14.0. The Morgan fingerprint density at radius 2 is 1.55 bits per heavy atom. The zero-order valence-electron chi connectivity index (χ0n) is 23.9. The molecule has 0 aromatic heterocycles. The van der Waals surface area contributed by atoms with Crippen LogP contribution in [0.5, 0.6) is 5.75 Å². The van der Waals surface area contributed by atoms with E-state index in [1.807, 2.05) is 44.2 Å². The molecule has 0 unspecified atom stereocenters. The highest BCUT2D eigenvalue weighted by atomic mass is 19.4. The Morgan fingerprint density at radius 3 is 2.17 bits per heavy atom. The zero-order chi connectivity index (χ0) is 30.7. The summed E-state index contributed by atoms with van der Waals surface area (Å²) < 4.78 is 42.8. The Labute approximate surface area is 244 Å². The standard InChI is InChI=1S/C32H38F3N3O4/c1-3-17-38(18-4-2)31(41)25-15-10-14-24(30(36)40)29(25)26(19-22-11-6-5-7-12-22)27(39)21-37-20-23-13-8-9-16-28(23)42-32(33,34)35/h5-16,26-27,37,39H,3-4,17-21H2,1-2H3,(H2,36,40)/t26-,27+/m1/s1. The van der Waals surface area contributed by atoms with Crippen LogP contribution >= 0.6 is 0 Å². The number of carbonyl (C=O) groups excluding carboxylic acids is 2. The van der Waals surface area contributed by atoms with Crippen LogP contribution in [0.15, 0.2) is 72.8 Å². The van der Waals surface area contributed by atoms with Gasteiger partial charge in [0.05, 0.1) is 6.10 Å². The monoisotopic (exact) mass is 585 g/mol. The van der Waals surface area contributed by atoms with Crippen molar-refractivity contribution in [2.75, 3.05) is 19.6 Å². The van der Waals surface area contributed by atoms with Gasteiger partial charge in [-0.3, -0.25) is 9.59 Å². The van der Waals surface area contributed by atoms with Crippen LogP contribution in [-0.2, 0) is 13.0 Å². The first-order valence-corrected chi connectivity index (χ1v) is 14.0. The number of rotatable bonds is 15. The van der Waals surface area contributed by atoms with Crippen molar-refractivity contribution >= 4 is 11.8 Å². The number of hydrogen-bond acceptors (Lipinski definition) is 5. The second-order valence-corrected chi connectivity index (χ2v) is 10.1. The first kappa shape index (κ1) is 32.6. The molecule has 0 heterocycles. The van der Waals surface area contributed by atoms with Crippen LogP contribution in [-0.4, -0.2) is 53.9 Å². The van der Waals surface area contributed by atoms with Gasteiger partial charge in [-0.1, -0.05) is 68.4 Å². The summed E-state index contributed by atoms with van der Waals surface area (Å²) in [5.41, 5.74) is 7.68. The molecule has 3 aromatic rings. The minimum absolute atomic E-state index is 0.0224. The third-order valence-corrected chi connectivity index (χ3v) is 6.88. The summed E-state index contributed by atoms with van der Waals surface area (Å²) >= 11 is 0. The van der Waals surface area contributed by atoms with Crippen molar-refractivity contribution in [3.8, 4) is 5.75 Å². The summed E-state index contributed by atoms with van der Waals surface area (Å²) in [5, 5.41) is 14.6. The fourth-order valence-electron chi connectivity index (χ4n) is 5.06. The molecule has 42 heavy (non-hydrogen) atoms. The number of amides is 2.